The van der Waals surface area contributed by atoms with Gasteiger partial charge in [0, 0.05) is 22.9 Å². The minimum Gasteiger partial charge on any atom is -0.366 e. The highest BCUT2D eigenvalue weighted by Crippen LogP contribution is 2.17. The van der Waals surface area contributed by atoms with Crippen molar-refractivity contribution in [2.75, 3.05) is 10.6 Å². The molecular weight excluding hydrogens is 385 g/mol. The molecule has 1 heterocycles. The highest BCUT2D eigenvalue weighted by molar-refractivity contribution is 9.10. The average molecular weight is 400 g/mol. The first-order valence-electron chi connectivity index (χ1n) is 7.62. The van der Waals surface area contributed by atoms with E-state index in [9.17, 15) is 9.18 Å². The number of carbonyl (C=O) groups excluding carboxylic acids is 1. The molecule has 1 aromatic heterocycles. The molecule has 0 aliphatic heterocycles. The Hall–Kier alpha value is -2.73. The monoisotopic (exact) mass is 399 g/mol. The minimum absolute atomic E-state index is 0.295. The van der Waals surface area contributed by atoms with Crippen molar-refractivity contribution in [2.45, 2.75) is 6.54 Å². The van der Waals surface area contributed by atoms with E-state index >= 15 is 0 Å². The number of nitrogens with one attached hydrogen (secondary N) is 2. The van der Waals surface area contributed by atoms with Gasteiger partial charge in [0.2, 0.25) is 0 Å². The van der Waals surface area contributed by atoms with Crippen molar-refractivity contribution < 1.29 is 9.18 Å². The number of nitrogens with zero attached hydrogens (tertiary/aromatic N) is 1. The fourth-order valence-electron chi connectivity index (χ4n) is 2.20. The Bertz CT molecular complexity index is 867. The van der Waals surface area contributed by atoms with E-state index in [2.05, 4.69) is 31.5 Å². The number of rotatable bonds is 5. The zero-order valence-corrected chi connectivity index (χ0v) is 14.8. The highest BCUT2D eigenvalue weighted by atomic mass is 79.9. The van der Waals surface area contributed by atoms with Crippen LogP contribution in [0, 0.1) is 5.82 Å². The van der Waals surface area contributed by atoms with E-state index in [1.54, 1.807) is 12.1 Å². The number of carbonyl (C=O) groups is 1. The van der Waals surface area contributed by atoms with Crippen molar-refractivity contribution >= 4 is 33.3 Å². The molecule has 0 fully saturated rings. The van der Waals surface area contributed by atoms with Crippen LogP contribution < -0.4 is 10.6 Å². The zero-order valence-electron chi connectivity index (χ0n) is 13.2. The zero-order chi connectivity index (χ0) is 17.6. The molecule has 0 unspecified atom stereocenters. The summed E-state index contributed by atoms with van der Waals surface area (Å²) in [5.41, 5.74) is 2.07. The van der Waals surface area contributed by atoms with Crippen molar-refractivity contribution in [3.63, 3.8) is 0 Å². The van der Waals surface area contributed by atoms with E-state index in [-0.39, 0.29) is 11.7 Å². The third kappa shape index (κ3) is 4.64. The third-order valence-corrected chi connectivity index (χ3v) is 4.32. The van der Waals surface area contributed by atoms with Crippen LogP contribution in [0.4, 0.5) is 15.9 Å². The summed E-state index contributed by atoms with van der Waals surface area (Å²) < 4.78 is 13.9. The molecule has 0 aliphatic rings. The summed E-state index contributed by atoms with van der Waals surface area (Å²) in [5.74, 6) is 0.0330. The van der Waals surface area contributed by atoms with Crippen molar-refractivity contribution in [1.82, 2.24) is 4.98 Å². The van der Waals surface area contributed by atoms with Gasteiger partial charge in [-0.3, -0.25) is 4.79 Å². The minimum atomic E-state index is -0.347. The van der Waals surface area contributed by atoms with Gasteiger partial charge in [-0.05, 0) is 48.0 Å². The number of hydrogen-bond donors (Lipinski definition) is 2. The molecule has 0 saturated heterocycles. The Kier molecular flexibility index (Phi) is 5.40. The van der Waals surface area contributed by atoms with Gasteiger partial charge in [-0.15, -0.1) is 0 Å². The lowest BCUT2D eigenvalue weighted by Crippen LogP contribution is -2.12. The topological polar surface area (TPSA) is 54.0 Å². The molecule has 0 aliphatic carbocycles. The summed E-state index contributed by atoms with van der Waals surface area (Å²) in [6, 6.07) is 17.0. The van der Waals surface area contributed by atoms with E-state index in [0.717, 1.165) is 10.0 Å². The predicted molar refractivity (Wildman–Crippen MR) is 100 cm³/mol. The normalized spacial score (nSPS) is 10.3. The number of hydrogen-bond acceptors (Lipinski definition) is 3. The van der Waals surface area contributed by atoms with Gasteiger partial charge in [-0.25, -0.2) is 9.37 Å². The Morgan fingerprint density at radius 1 is 1.04 bits per heavy atom. The van der Waals surface area contributed by atoms with Crippen molar-refractivity contribution in [1.29, 1.82) is 0 Å². The largest absolute Gasteiger partial charge is 0.366 e. The standard InChI is InChI=1S/C19H15BrFN3O/c20-17-4-2-1-3-13(17)11-22-18-10-5-14(12-23-18)19(25)24-16-8-6-15(21)7-9-16/h1-10,12H,11H2,(H,22,23)(H,24,25). The molecule has 0 spiro atoms. The maximum Gasteiger partial charge on any atom is 0.257 e. The quantitative estimate of drug-likeness (QED) is 0.644. The number of amides is 1. The van der Waals surface area contributed by atoms with Gasteiger partial charge < -0.3 is 10.6 Å². The van der Waals surface area contributed by atoms with Gasteiger partial charge in [0.25, 0.3) is 5.91 Å². The van der Waals surface area contributed by atoms with Gasteiger partial charge in [0.1, 0.15) is 11.6 Å². The molecule has 0 atom stereocenters. The van der Waals surface area contributed by atoms with E-state index in [1.165, 1.54) is 30.5 Å². The molecule has 6 heteroatoms. The van der Waals surface area contributed by atoms with Crippen molar-refractivity contribution in [3.05, 3.63) is 88.3 Å². The summed E-state index contributed by atoms with van der Waals surface area (Å²) in [5, 5.41) is 5.91. The fraction of sp³-hybridized carbons (Fsp3) is 0.0526. The highest BCUT2D eigenvalue weighted by Gasteiger charge is 2.07. The second-order valence-electron chi connectivity index (χ2n) is 5.34. The van der Waals surface area contributed by atoms with Gasteiger partial charge in [-0.1, -0.05) is 34.1 Å². The molecule has 0 bridgehead atoms. The summed E-state index contributed by atoms with van der Waals surface area (Å²) >= 11 is 3.50. The molecule has 3 rings (SSSR count). The van der Waals surface area contributed by atoms with Crippen LogP contribution in [-0.2, 0) is 6.54 Å². The molecule has 2 aromatic carbocycles. The number of aromatic nitrogens is 1. The number of anilines is 2. The first-order chi connectivity index (χ1) is 12.1. The third-order valence-electron chi connectivity index (χ3n) is 3.55. The Morgan fingerprint density at radius 3 is 2.48 bits per heavy atom. The second kappa shape index (κ2) is 7.90. The molecule has 3 aromatic rings. The van der Waals surface area contributed by atoms with Crippen LogP contribution in [0.1, 0.15) is 15.9 Å². The van der Waals surface area contributed by atoms with E-state index in [4.69, 9.17) is 0 Å². The van der Waals surface area contributed by atoms with E-state index in [1.807, 2.05) is 24.3 Å². The van der Waals surface area contributed by atoms with Gasteiger partial charge in [0.15, 0.2) is 0 Å². The molecule has 4 nitrogen and oxygen atoms in total. The first-order valence-corrected chi connectivity index (χ1v) is 8.41. The van der Waals surface area contributed by atoms with Gasteiger partial charge >= 0.3 is 0 Å². The summed E-state index contributed by atoms with van der Waals surface area (Å²) in [6.07, 6.45) is 1.50. The van der Waals surface area contributed by atoms with Crippen LogP contribution in [-0.4, -0.2) is 10.9 Å². The van der Waals surface area contributed by atoms with Crippen LogP contribution >= 0.6 is 15.9 Å². The maximum atomic E-state index is 12.9. The van der Waals surface area contributed by atoms with Crippen molar-refractivity contribution in [2.24, 2.45) is 0 Å². The van der Waals surface area contributed by atoms with Crippen molar-refractivity contribution in [3.8, 4) is 0 Å². The van der Waals surface area contributed by atoms with Gasteiger partial charge in [0.05, 0.1) is 5.56 Å². The first kappa shape index (κ1) is 17.1. The summed E-state index contributed by atoms with van der Waals surface area (Å²) in [7, 11) is 0. The molecule has 2 N–H and O–H groups in total. The van der Waals surface area contributed by atoms with Gasteiger partial charge in [-0.2, -0.15) is 0 Å². The smallest absolute Gasteiger partial charge is 0.257 e. The second-order valence-corrected chi connectivity index (χ2v) is 6.19. The van der Waals surface area contributed by atoms with Crippen LogP contribution in [0.3, 0.4) is 0 Å². The van der Waals surface area contributed by atoms with Crippen LogP contribution in [0.15, 0.2) is 71.3 Å². The maximum absolute atomic E-state index is 12.9. The lowest BCUT2D eigenvalue weighted by atomic mass is 10.2. The molecule has 1 amide bonds. The molecule has 126 valence electrons. The molecule has 0 saturated carbocycles. The van der Waals surface area contributed by atoms with Crippen LogP contribution in [0.25, 0.3) is 0 Å². The Morgan fingerprint density at radius 2 is 1.80 bits per heavy atom. The molecule has 0 radical (unpaired) electrons. The predicted octanol–water partition coefficient (Wildman–Crippen LogP) is 4.85. The van der Waals surface area contributed by atoms with E-state index < -0.39 is 0 Å². The SMILES string of the molecule is O=C(Nc1ccc(F)cc1)c1ccc(NCc2ccccc2Br)nc1. The van der Waals surface area contributed by atoms with Crippen LogP contribution in [0.2, 0.25) is 0 Å². The Balaban J connectivity index is 1.60. The summed E-state index contributed by atoms with van der Waals surface area (Å²) in [6.45, 7) is 0.621. The molecule has 25 heavy (non-hydrogen) atoms. The lowest BCUT2D eigenvalue weighted by molar-refractivity contribution is 0.102. The number of pyridine rings is 1. The number of halogens is 2. The number of benzene rings is 2. The average Bonchev–Trinajstić information content (AvgIpc) is 2.63. The summed E-state index contributed by atoms with van der Waals surface area (Å²) in [4.78, 5) is 16.4. The fourth-order valence-corrected chi connectivity index (χ4v) is 2.62. The lowest BCUT2D eigenvalue weighted by Gasteiger charge is -2.08. The Labute approximate surface area is 153 Å². The molecular formula is C19H15BrFN3O. The van der Waals surface area contributed by atoms with E-state index in [0.29, 0.717) is 23.6 Å². The van der Waals surface area contributed by atoms with Crippen LogP contribution in [0.5, 0.6) is 0 Å².